The molecule has 3 unspecified atom stereocenters. The number of amides is 2. The zero-order valence-electron chi connectivity index (χ0n) is 33.3. The fourth-order valence-electron chi connectivity index (χ4n) is 6.24. The van der Waals surface area contributed by atoms with E-state index in [-0.39, 0.29) is 47.1 Å². The number of nitrogens with zero attached hydrogens (tertiary/aromatic N) is 1. The highest BCUT2D eigenvalue weighted by Gasteiger charge is 2.34. The molecule has 1 aromatic rings. The van der Waals surface area contributed by atoms with Crippen molar-refractivity contribution in [2.45, 2.75) is 169 Å². The Morgan fingerprint density at radius 2 is 1.65 bits per heavy atom. The lowest BCUT2D eigenvalue weighted by atomic mass is 9.85. The normalized spacial score (nSPS) is 20.5. The molecule has 2 amide bonds. The number of Topliss-reactive ketones (excluding diaryl/α,β-unsaturated/α-hetero) is 1. The van der Waals surface area contributed by atoms with Crippen LogP contribution >= 0.6 is 12.4 Å². The maximum atomic E-state index is 12.2. The van der Waals surface area contributed by atoms with Crippen molar-refractivity contribution in [3.05, 3.63) is 34.7 Å². The van der Waals surface area contributed by atoms with E-state index in [9.17, 15) is 24.3 Å². The van der Waals surface area contributed by atoms with Gasteiger partial charge in [-0.05, 0) is 89.0 Å². The molecular weight excluding hydrogens is 684 g/mol. The number of likely N-dealkylation sites (tertiary alicyclic amines) is 1. The molecule has 1 aliphatic heterocycles. The van der Waals surface area contributed by atoms with Crippen molar-refractivity contribution >= 4 is 36.8 Å². The lowest BCUT2D eigenvalue weighted by Crippen LogP contribution is -2.48. The number of halogens is 1. The van der Waals surface area contributed by atoms with Gasteiger partial charge in [0.2, 0.25) is 17.2 Å². The Labute approximate surface area is 325 Å². The minimum absolute atomic E-state index is 0. The van der Waals surface area contributed by atoms with E-state index in [1.165, 1.54) is 38.2 Å². The van der Waals surface area contributed by atoms with Crippen molar-refractivity contribution in [3.63, 3.8) is 0 Å². The molecular formula is C39H81ClN6O6. The van der Waals surface area contributed by atoms with E-state index in [4.69, 9.17) is 16.3 Å². The van der Waals surface area contributed by atoms with E-state index in [0.717, 1.165) is 51.0 Å². The summed E-state index contributed by atoms with van der Waals surface area (Å²) < 4.78 is 0. The van der Waals surface area contributed by atoms with E-state index in [0.29, 0.717) is 24.4 Å². The monoisotopic (exact) mass is 765 g/mol. The summed E-state index contributed by atoms with van der Waals surface area (Å²) in [5.41, 5.74) is 11.8. The van der Waals surface area contributed by atoms with Gasteiger partial charge in [-0.3, -0.25) is 24.5 Å². The Morgan fingerprint density at radius 1 is 1.06 bits per heavy atom. The predicted molar refractivity (Wildman–Crippen MR) is 221 cm³/mol. The summed E-state index contributed by atoms with van der Waals surface area (Å²) in [7, 11) is 0. The second kappa shape index (κ2) is 27.9. The average Bonchev–Trinajstić information content (AvgIpc) is 3.83. The number of aliphatic hydroxyl groups is 1. The minimum Gasteiger partial charge on any atom is -0.379 e. The highest BCUT2D eigenvalue weighted by molar-refractivity contribution is 6.38. The lowest BCUT2D eigenvalue weighted by Gasteiger charge is -2.28. The quantitative estimate of drug-likeness (QED) is 0.118. The summed E-state index contributed by atoms with van der Waals surface area (Å²) in [4.78, 5) is 58.3. The van der Waals surface area contributed by atoms with Crippen LogP contribution in [0.2, 0.25) is 0 Å². The van der Waals surface area contributed by atoms with Crippen LogP contribution in [0.15, 0.2) is 29.2 Å². The van der Waals surface area contributed by atoms with E-state index >= 15 is 0 Å². The van der Waals surface area contributed by atoms with Crippen molar-refractivity contribution in [3.8, 4) is 0 Å². The molecule has 52 heavy (non-hydrogen) atoms. The molecule has 2 saturated carbocycles. The van der Waals surface area contributed by atoms with Crippen molar-refractivity contribution in [2.24, 2.45) is 28.7 Å². The molecule has 3 aliphatic rings. The van der Waals surface area contributed by atoms with E-state index < -0.39 is 24.0 Å². The van der Waals surface area contributed by atoms with Gasteiger partial charge in [-0.15, -0.1) is 12.4 Å². The van der Waals surface area contributed by atoms with Crippen molar-refractivity contribution in [1.29, 1.82) is 0 Å². The van der Waals surface area contributed by atoms with Gasteiger partial charge in [-0.1, -0.05) is 72.8 Å². The Hall–Kier alpha value is -2.64. The summed E-state index contributed by atoms with van der Waals surface area (Å²) in [6, 6.07) is 4.99. The van der Waals surface area contributed by atoms with Gasteiger partial charge < -0.3 is 36.6 Å². The number of nitrogens with one attached hydrogen (secondary N) is 3. The highest BCUT2D eigenvalue weighted by Crippen LogP contribution is 2.26. The molecule has 1 aromatic heterocycles. The summed E-state index contributed by atoms with van der Waals surface area (Å²) in [5.74, 6) is 0.583. The van der Waals surface area contributed by atoms with Crippen LogP contribution in [0, 0.1) is 17.3 Å². The molecule has 310 valence electrons. The van der Waals surface area contributed by atoms with Gasteiger partial charge in [0.05, 0.1) is 12.1 Å². The standard InChI is InChI=1S/C13H26N2O.C12H22N2O3.C8H17N.C5H5NO.CH2O.ClH.4H2/c1-9-6-10(2)15(8-9)12(16)11(14)7-13(3,4)5;1-3-4-5-10(13-8(2)15)11(16)12(17)14-9-6-7-9;1-7(9)8-5-3-2-4-6-8;7-5-3-1-2-4-6-5;1-2;;;;;/h9-11H,6-8,14H2,1-5H3;8-10,13,15H,3-7H2,1-2H3,(H,14,17);7-8H,2-6,9H2,1H3;1-4H,(H,6,7);1H2;5*1H/t9-,10+,11?;;7-;;;;;;;/m1.1......./s1. The molecule has 3 fully saturated rings. The van der Waals surface area contributed by atoms with Crippen LogP contribution in [0.5, 0.6) is 0 Å². The number of hydrogen-bond donors (Lipinski definition) is 6. The summed E-state index contributed by atoms with van der Waals surface area (Å²) in [5, 5.41) is 14.7. The molecule has 2 heterocycles. The maximum Gasteiger partial charge on any atom is 0.289 e. The molecule has 4 rings (SSSR count). The van der Waals surface area contributed by atoms with Crippen LogP contribution in [0.1, 0.15) is 138 Å². The summed E-state index contributed by atoms with van der Waals surface area (Å²) in [6.07, 6.45) is 14.0. The fourth-order valence-corrected chi connectivity index (χ4v) is 6.24. The predicted octanol–water partition coefficient (Wildman–Crippen LogP) is 5.84. The minimum atomic E-state index is -0.783. The molecule has 12 nitrogen and oxygen atoms in total. The van der Waals surface area contributed by atoms with E-state index in [2.05, 4.69) is 57.2 Å². The first kappa shape index (κ1) is 51.5. The third kappa shape index (κ3) is 23.8. The first-order valence-corrected chi connectivity index (χ1v) is 19.0. The number of carbonyl (C=O) groups is 4. The number of hydrogen-bond acceptors (Lipinski definition) is 9. The third-order valence-corrected chi connectivity index (χ3v) is 9.03. The number of H-pyrrole nitrogens is 1. The van der Waals surface area contributed by atoms with Gasteiger partial charge in [0, 0.05) is 42.6 Å². The Morgan fingerprint density at radius 3 is 2.02 bits per heavy atom. The summed E-state index contributed by atoms with van der Waals surface area (Å²) in [6.45, 7) is 19.2. The zero-order valence-corrected chi connectivity index (χ0v) is 34.1. The number of aliphatic hydroxyl groups excluding tert-OH is 1. The van der Waals surface area contributed by atoms with Crippen molar-refractivity contribution in [1.82, 2.24) is 20.5 Å². The molecule has 2 aliphatic carbocycles. The highest BCUT2D eigenvalue weighted by atomic mass is 35.5. The number of rotatable bonds is 11. The van der Waals surface area contributed by atoms with Crippen LogP contribution in [0.25, 0.3) is 0 Å². The maximum absolute atomic E-state index is 12.2. The molecule has 0 bridgehead atoms. The van der Waals surface area contributed by atoms with Gasteiger partial charge in [-0.25, -0.2) is 0 Å². The van der Waals surface area contributed by atoms with Crippen LogP contribution in [-0.4, -0.2) is 82.4 Å². The van der Waals surface area contributed by atoms with Gasteiger partial charge in [0.15, 0.2) is 0 Å². The first-order chi connectivity index (χ1) is 23.9. The largest absolute Gasteiger partial charge is 0.379 e. The third-order valence-electron chi connectivity index (χ3n) is 9.03. The second-order valence-electron chi connectivity index (χ2n) is 15.7. The van der Waals surface area contributed by atoms with Gasteiger partial charge in [0.25, 0.3) is 5.91 Å². The molecule has 8 N–H and O–H groups in total. The topological polar surface area (TPSA) is 201 Å². The van der Waals surface area contributed by atoms with Crippen molar-refractivity contribution < 1.29 is 30.0 Å². The van der Waals surface area contributed by atoms with Gasteiger partial charge in [-0.2, -0.15) is 0 Å². The number of ketones is 1. The summed E-state index contributed by atoms with van der Waals surface area (Å²) >= 11 is 0. The Balaban J connectivity index is -0.000000149. The van der Waals surface area contributed by atoms with Crippen LogP contribution in [-0.2, 0) is 19.2 Å². The van der Waals surface area contributed by atoms with Crippen LogP contribution < -0.4 is 27.7 Å². The number of carbonyl (C=O) groups excluding carboxylic acids is 4. The number of aromatic amines is 1. The SMILES string of the molecule is C=O.CCCCC(NC(C)O)C(=O)C(=O)NC1CC1.C[C@@H](N)C1CCCCC1.C[C@@H]1C[C@H](C)N(C(=O)C(N)CC(C)(C)C)C1.Cl.O=c1cccc[nH]1.[HH].[HH].[HH].[HH]. The molecule has 0 radical (unpaired) electrons. The Kier molecular flexibility index (Phi) is 27.6. The average molecular weight is 766 g/mol. The van der Waals surface area contributed by atoms with Crippen LogP contribution in [0.4, 0.5) is 0 Å². The molecule has 0 aromatic carbocycles. The lowest BCUT2D eigenvalue weighted by molar-refractivity contribution is -0.139. The van der Waals surface area contributed by atoms with Gasteiger partial charge >= 0.3 is 0 Å². The molecule has 0 spiro atoms. The molecule has 1 saturated heterocycles. The van der Waals surface area contributed by atoms with Gasteiger partial charge in [0.1, 0.15) is 13.0 Å². The van der Waals surface area contributed by atoms with Crippen LogP contribution in [0.3, 0.4) is 0 Å². The van der Waals surface area contributed by atoms with Crippen molar-refractivity contribution in [2.75, 3.05) is 6.54 Å². The number of nitrogens with two attached hydrogens (primary N) is 2. The number of unbranched alkanes of at least 4 members (excludes halogenated alkanes) is 1. The Bertz CT molecular complexity index is 1170. The molecule has 6 atom stereocenters. The zero-order chi connectivity index (χ0) is 39.1. The number of aromatic nitrogens is 1. The molecule has 13 heteroatoms. The smallest absolute Gasteiger partial charge is 0.289 e. The van der Waals surface area contributed by atoms with E-state index in [1.807, 2.05) is 18.6 Å². The number of pyridine rings is 1. The fraction of sp³-hybridized carbons (Fsp3) is 0.769. The van der Waals surface area contributed by atoms with E-state index in [1.54, 1.807) is 25.3 Å². The first-order valence-electron chi connectivity index (χ1n) is 19.0. The second-order valence-corrected chi connectivity index (χ2v) is 15.7.